The van der Waals surface area contributed by atoms with Crippen LogP contribution in [0.3, 0.4) is 0 Å². The Labute approximate surface area is 128 Å². The fourth-order valence-electron chi connectivity index (χ4n) is 2.16. The predicted octanol–water partition coefficient (Wildman–Crippen LogP) is 0.833. The number of amides is 2. The molecule has 5 nitrogen and oxygen atoms in total. The van der Waals surface area contributed by atoms with Crippen LogP contribution in [0.1, 0.15) is 35.5 Å². The predicted molar refractivity (Wildman–Crippen MR) is 81.0 cm³/mol. The van der Waals surface area contributed by atoms with E-state index >= 15 is 0 Å². The van der Waals surface area contributed by atoms with Crippen LogP contribution in [0.4, 0.5) is 0 Å². The van der Waals surface area contributed by atoms with Crippen LogP contribution in [0, 0.1) is 11.8 Å². The number of carbonyl (C=O) groups excluding carboxylic acids is 2. The van der Waals surface area contributed by atoms with E-state index in [-0.39, 0.29) is 18.4 Å². The van der Waals surface area contributed by atoms with Crippen LogP contribution in [0.2, 0.25) is 0 Å². The molecule has 1 saturated heterocycles. The van der Waals surface area contributed by atoms with E-state index in [0.29, 0.717) is 30.0 Å². The molecule has 2 N–H and O–H groups in total. The van der Waals surface area contributed by atoms with Crippen LogP contribution in [0.25, 0.3) is 0 Å². The van der Waals surface area contributed by atoms with Crippen molar-refractivity contribution >= 4 is 23.2 Å². The minimum absolute atomic E-state index is 0.000254. The zero-order chi connectivity index (χ0) is 15.5. The third kappa shape index (κ3) is 3.09. The van der Waals surface area contributed by atoms with E-state index in [9.17, 15) is 9.59 Å². The molecule has 0 unspecified atom stereocenters. The molecule has 2 rings (SSSR count). The van der Waals surface area contributed by atoms with Crippen LogP contribution in [0.15, 0.2) is 11.4 Å². The summed E-state index contributed by atoms with van der Waals surface area (Å²) in [6.45, 7) is 4.43. The summed E-state index contributed by atoms with van der Waals surface area (Å²) in [4.78, 5) is 26.8. The standard InChI is InChI=1S/C15H18N2O3S/c1-15(2)14(20)16-7-8-17(15)13(19)12-11(6-10-21-12)5-3-4-9-18/h6,10,18H,4,7-9H2,1-2H3,(H,16,20). The Balaban J connectivity index is 2.27. The number of piperazine rings is 1. The van der Waals surface area contributed by atoms with Gasteiger partial charge in [0.15, 0.2) is 0 Å². The summed E-state index contributed by atoms with van der Waals surface area (Å²) in [6, 6.07) is 1.79. The van der Waals surface area contributed by atoms with Gasteiger partial charge in [-0.1, -0.05) is 11.8 Å². The number of aliphatic hydroxyl groups is 1. The zero-order valence-electron chi connectivity index (χ0n) is 12.1. The van der Waals surface area contributed by atoms with Gasteiger partial charge in [-0.05, 0) is 25.3 Å². The molecule has 0 aromatic carbocycles. The summed E-state index contributed by atoms with van der Waals surface area (Å²) >= 11 is 1.32. The molecule has 1 fully saturated rings. The van der Waals surface area contributed by atoms with Gasteiger partial charge in [-0.3, -0.25) is 9.59 Å². The minimum Gasteiger partial charge on any atom is -0.395 e. The number of nitrogens with zero attached hydrogens (tertiary/aromatic N) is 1. The number of hydrogen-bond acceptors (Lipinski definition) is 4. The van der Waals surface area contributed by atoms with Gasteiger partial charge in [-0.2, -0.15) is 0 Å². The van der Waals surface area contributed by atoms with Gasteiger partial charge in [0.2, 0.25) is 5.91 Å². The number of nitrogens with one attached hydrogen (secondary N) is 1. The highest BCUT2D eigenvalue weighted by Crippen LogP contribution is 2.25. The number of aliphatic hydroxyl groups excluding tert-OH is 1. The molecular weight excluding hydrogens is 288 g/mol. The summed E-state index contributed by atoms with van der Waals surface area (Å²) < 4.78 is 0. The van der Waals surface area contributed by atoms with Crippen LogP contribution < -0.4 is 5.32 Å². The SMILES string of the molecule is CC1(C)C(=O)NCCN1C(=O)c1sccc1C#CCCO. The normalized spacial score (nSPS) is 16.9. The largest absolute Gasteiger partial charge is 0.395 e. The van der Waals surface area contributed by atoms with E-state index in [2.05, 4.69) is 17.2 Å². The summed E-state index contributed by atoms with van der Waals surface area (Å²) in [5.74, 6) is 5.41. The smallest absolute Gasteiger partial charge is 0.266 e. The van der Waals surface area contributed by atoms with Gasteiger partial charge in [0.1, 0.15) is 10.4 Å². The van der Waals surface area contributed by atoms with Crippen LogP contribution >= 0.6 is 11.3 Å². The van der Waals surface area contributed by atoms with Crippen molar-refractivity contribution in [3.63, 3.8) is 0 Å². The molecule has 0 radical (unpaired) electrons. The summed E-state index contributed by atoms with van der Waals surface area (Å²) in [6.07, 6.45) is 0.376. The quantitative estimate of drug-likeness (QED) is 0.795. The summed E-state index contributed by atoms with van der Waals surface area (Å²) in [5, 5.41) is 13.3. The Hall–Kier alpha value is -1.84. The fourth-order valence-corrected chi connectivity index (χ4v) is 2.96. The maximum atomic E-state index is 12.7. The second kappa shape index (κ2) is 6.29. The van der Waals surface area contributed by atoms with Gasteiger partial charge in [0, 0.05) is 25.1 Å². The number of thiophene rings is 1. The number of hydrogen-bond donors (Lipinski definition) is 2. The molecule has 0 spiro atoms. The van der Waals surface area contributed by atoms with Crippen molar-refractivity contribution in [1.29, 1.82) is 0 Å². The van der Waals surface area contributed by atoms with Gasteiger partial charge in [0.05, 0.1) is 6.61 Å². The first-order chi connectivity index (χ1) is 9.98. The molecule has 1 aliphatic heterocycles. The first kappa shape index (κ1) is 15.5. The average molecular weight is 306 g/mol. The third-order valence-corrected chi connectivity index (χ3v) is 4.32. The van der Waals surface area contributed by atoms with Crippen molar-refractivity contribution in [3.05, 3.63) is 21.9 Å². The van der Waals surface area contributed by atoms with Gasteiger partial charge in [-0.25, -0.2) is 0 Å². The van der Waals surface area contributed by atoms with Crippen LogP contribution in [-0.4, -0.2) is 47.1 Å². The fraction of sp³-hybridized carbons (Fsp3) is 0.467. The monoisotopic (exact) mass is 306 g/mol. The minimum atomic E-state index is -0.866. The molecule has 112 valence electrons. The molecule has 0 aliphatic carbocycles. The lowest BCUT2D eigenvalue weighted by atomic mass is 9.98. The molecule has 0 saturated carbocycles. The van der Waals surface area contributed by atoms with E-state index in [1.54, 1.807) is 24.8 Å². The third-order valence-electron chi connectivity index (χ3n) is 3.42. The van der Waals surface area contributed by atoms with Gasteiger partial charge < -0.3 is 15.3 Å². The zero-order valence-corrected chi connectivity index (χ0v) is 12.9. The number of carbonyl (C=O) groups is 2. The Morgan fingerprint density at radius 1 is 1.57 bits per heavy atom. The maximum Gasteiger partial charge on any atom is 0.266 e. The second-order valence-electron chi connectivity index (χ2n) is 5.21. The first-order valence-electron chi connectivity index (χ1n) is 6.76. The molecule has 1 aromatic heterocycles. The highest BCUT2D eigenvalue weighted by Gasteiger charge is 2.41. The molecule has 21 heavy (non-hydrogen) atoms. The Kier molecular flexibility index (Phi) is 4.66. The van der Waals surface area contributed by atoms with E-state index in [1.807, 2.05) is 5.38 Å². The average Bonchev–Trinajstić information content (AvgIpc) is 2.90. The topological polar surface area (TPSA) is 69.6 Å². The summed E-state index contributed by atoms with van der Waals surface area (Å²) in [7, 11) is 0. The molecule has 0 bridgehead atoms. The van der Waals surface area contributed by atoms with Crippen molar-refractivity contribution in [2.24, 2.45) is 0 Å². The summed E-state index contributed by atoms with van der Waals surface area (Å²) in [5.41, 5.74) is -0.213. The lowest BCUT2D eigenvalue weighted by molar-refractivity contribution is -0.133. The Morgan fingerprint density at radius 3 is 3.05 bits per heavy atom. The molecule has 1 aromatic rings. The first-order valence-corrected chi connectivity index (χ1v) is 7.64. The molecule has 2 heterocycles. The van der Waals surface area contributed by atoms with Crippen LogP contribution in [-0.2, 0) is 4.79 Å². The number of rotatable bonds is 2. The molecule has 1 aliphatic rings. The Bertz CT molecular complexity index is 610. The molecule has 6 heteroatoms. The lowest BCUT2D eigenvalue weighted by Gasteiger charge is -2.41. The van der Waals surface area contributed by atoms with Crippen LogP contribution in [0.5, 0.6) is 0 Å². The van der Waals surface area contributed by atoms with E-state index < -0.39 is 5.54 Å². The molecule has 0 atom stereocenters. The van der Waals surface area contributed by atoms with Crippen molar-refractivity contribution in [1.82, 2.24) is 10.2 Å². The van der Waals surface area contributed by atoms with Gasteiger partial charge >= 0.3 is 0 Å². The maximum absolute atomic E-state index is 12.7. The van der Waals surface area contributed by atoms with Crippen molar-refractivity contribution < 1.29 is 14.7 Å². The molecule has 2 amide bonds. The van der Waals surface area contributed by atoms with E-state index in [0.717, 1.165) is 0 Å². The van der Waals surface area contributed by atoms with Crippen molar-refractivity contribution in [2.75, 3.05) is 19.7 Å². The van der Waals surface area contributed by atoms with E-state index in [1.165, 1.54) is 11.3 Å². The van der Waals surface area contributed by atoms with Gasteiger partial charge in [-0.15, -0.1) is 11.3 Å². The second-order valence-corrected chi connectivity index (χ2v) is 6.13. The highest BCUT2D eigenvalue weighted by atomic mass is 32.1. The lowest BCUT2D eigenvalue weighted by Crippen LogP contribution is -2.63. The van der Waals surface area contributed by atoms with Crippen molar-refractivity contribution in [2.45, 2.75) is 25.8 Å². The van der Waals surface area contributed by atoms with Crippen molar-refractivity contribution in [3.8, 4) is 11.8 Å². The van der Waals surface area contributed by atoms with E-state index in [4.69, 9.17) is 5.11 Å². The van der Waals surface area contributed by atoms with Gasteiger partial charge in [0.25, 0.3) is 5.91 Å². The molecular formula is C15H18N2O3S. The Morgan fingerprint density at radius 2 is 2.33 bits per heavy atom. The highest BCUT2D eigenvalue weighted by molar-refractivity contribution is 7.12.